The summed E-state index contributed by atoms with van der Waals surface area (Å²) in [6, 6.07) is 0. The van der Waals surface area contributed by atoms with E-state index in [9.17, 15) is 4.79 Å². The van der Waals surface area contributed by atoms with Gasteiger partial charge in [-0.15, -0.1) is 0 Å². The fourth-order valence-corrected chi connectivity index (χ4v) is 2.34. The summed E-state index contributed by atoms with van der Waals surface area (Å²) in [6.45, 7) is 8.20. The van der Waals surface area contributed by atoms with Crippen LogP contribution in [0.25, 0.3) is 0 Å². The fraction of sp³-hybridized carbons (Fsp3) is 0.786. The molecule has 2 nitrogen and oxygen atoms in total. The molecule has 0 amide bonds. The molecule has 0 saturated heterocycles. The van der Waals surface area contributed by atoms with Gasteiger partial charge in [0, 0.05) is 13.5 Å². The van der Waals surface area contributed by atoms with E-state index in [-0.39, 0.29) is 5.78 Å². The Balaban J connectivity index is 2.65. The van der Waals surface area contributed by atoms with Gasteiger partial charge in [0.1, 0.15) is 5.60 Å². The van der Waals surface area contributed by atoms with Crippen LogP contribution in [0.1, 0.15) is 52.4 Å². The number of carbonyl (C=O) groups excluding carboxylic acids is 1. The molecule has 1 saturated carbocycles. The molecule has 2 heteroatoms. The van der Waals surface area contributed by atoms with E-state index in [2.05, 4.69) is 13.5 Å². The van der Waals surface area contributed by atoms with Crippen molar-refractivity contribution in [1.82, 2.24) is 0 Å². The molecule has 1 aliphatic carbocycles. The van der Waals surface area contributed by atoms with Gasteiger partial charge in [-0.3, -0.25) is 4.79 Å². The number of rotatable bonds is 5. The van der Waals surface area contributed by atoms with Crippen molar-refractivity contribution in [1.29, 1.82) is 0 Å². The predicted octanol–water partition coefficient (Wildman–Crippen LogP) is 3.51. The standard InChI is InChI=1S/C14H24O2/c1-5-11(2)10-13(15)14(16-4)8-6-12(3)7-9-14/h12H,2,5-10H2,1,3-4H3. The normalized spacial score (nSPS) is 30.1. The number of Topliss-reactive ketones (excluding diaryl/α,β-unsaturated/α-hetero) is 1. The summed E-state index contributed by atoms with van der Waals surface area (Å²) in [5, 5.41) is 0. The van der Waals surface area contributed by atoms with Crippen LogP contribution in [-0.4, -0.2) is 18.5 Å². The molecule has 0 aromatic carbocycles. The lowest BCUT2D eigenvalue weighted by atomic mass is 9.76. The molecule has 0 N–H and O–H groups in total. The van der Waals surface area contributed by atoms with Gasteiger partial charge in [0.2, 0.25) is 0 Å². The first-order chi connectivity index (χ1) is 7.54. The Bertz CT molecular complexity index is 260. The minimum atomic E-state index is -0.509. The van der Waals surface area contributed by atoms with Gasteiger partial charge < -0.3 is 4.74 Å². The Morgan fingerprint density at radius 1 is 1.44 bits per heavy atom. The number of ketones is 1. The third kappa shape index (κ3) is 2.94. The molecule has 0 heterocycles. The zero-order valence-electron chi connectivity index (χ0n) is 10.8. The van der Waals surface area contributed by atoms with Gasteiger partial charge in [-0.25, -0.2) is 0 Å². The zero-order chi connectivity index (χ0) is 12.2. The highest BCUT2D eigenvalue weighted by atomic mass is 16.5. The number of hydrogen-bond acceptors (Lipinski definition) is 2. The largest absolute Gasteiger partial charge is 0.370 e. The molecule has 0 aromatic rings. The average molecular weight is 224 g/mol. The van der Waals surface area contributed by atoms with Crippen molar-refractivity contribution >= 4 is 5.78 Å². The average Bonchev–Trinajstić information content (AvgIpc) is 2.30. The van der Waals surface area contributed by atoms with Crippen LogP contribution in [0.5, 0.6) is 0 Å². The monoisotopic (exact) mass is 224 g/mol. The predicted molar refractivity (Wildman–Crippen MR) is 66.4 cm³/mol. The first-order valence-electron chi connectivity index (χ1n) is 6.29. The Labute approximate surface area is 99.1 Å². The highest BCUT2D eigenvalue weighted by Gasteiger charge is 2.40. The number of ether oxygens (including phenoxy) is 1. The van der Waals surface area contributed by atoms with Gasteiger partial charge >= 0.3 is 0 Å². The van der Waals surface area contributed by atoms with Gasteiger partial charge in [0.15, 0.2) is 5.78 Å². The van der Waals surface area contributed by atoms with E-state index in [4.69, 9.17) is 4.74 Å². The highest BCUT2D eigenvalue weighted by molar-refractivity contribution is 5.89. The Morgan fingerprint density at radius 2 is 2.00 bits per heavy atom. The minimum Gasteiger partial charge on any atom is -0.370 e. The summed E-state index contributed by atoms with van der Waals surface area (Å²) < 4.78 is 5.54. The Hall–Kier alpha value is -0.630. The second-order valence-corrected chi connectivity index (χ2v) is 5.08. The lowest BCUT2D eigenvalue weighted by molar-refractivity contribution is -0.145. The molecular formula is C14H24O2. The molecule has 0 radical (unpaired) electrons. The third-order valence-electron chi connectivity index (χ3n) is 3.89. The van der Waals surface area contributed by atoms with Crippen molar-refractivity contribution in [3.8, 4) is 0 Å². The summed E-state index contributed by atoms with van der Waals surface area (Å²) in [4.78, 5) is 12.2. The Kier molecular flexibility index (Phi) is 4.72. The van der Waals surface area contributed by atoms with Gasteiger partial charge in [-0.2, -0.15) is 0 Å². The first-order valence-corrected chi connectivity index (χ1v) is 6.29. The number of allylic oxidation sites excluding steroid dienone is 1. The van der Waals surface area contributed by atoms with E-state index in [1.807, 2.05) is 6.92 Å². The van der Waals surface area contributed by atoms with E-state index >= 15 is 0 Å². The maximum absolute atomic E-state index is 12.2. The lowest BCUT2D eigenvalue weighted by Gasteiger charge is -2.37. The molecule has 92 valence electrons. The molecule has 0 aliphatic heterocycles. The fourth-order valence-electron chi connectivity index (χ4n) is 2.34. The van der Waals surface area contributed by atoms with Crippen LogP contribution in [-0.2, 0) is 9.53 Å². The van der Waals surface area contributed by atoms with Crippen LogP contribution in [0, 0.1) is 5.92 Å². The summed E-state index contributed by atoms with van der Waals surface area (Å²) >= 11 is 0. The number of methoxy groups -OCH3 is 1. The first kappa shape index (κ1) is 13.4. The van der Waals surface area contributed by atoms with Crippen LogP contribution < -0.4 is 0 Å². The highest BCUT2D eigenvalue weighted by Crippen LogP contribution is 2.36. The number of hydrogen-bond donors (Lipinski definition) is 0. The van der Waals surface area contributed by atoms with E-state index in [1.165, 1.54) is 0 Å². The second-order valence-electron chi connectivity index (χ2n) is 5.08. The molecule has 0 spiro atoms. The second kappa shape index (κ2) is 5.62. The molecule has 0 unspecified atom stereocenters. The van der Waals surface area contributed by atoms with Crippen molar-refractivity contribution in [3.63, 3.8) is 0 Å². The minimum absolute atomic E-state index is 0.230. The molecule has 0 atom stereocenters. The van der Waals surface area contributed by atoms with Crippen molar-refractivity contribution in [3.05, 3.63) is 12.2 Å². The van der Waals surface area contributed by atoms with Gasteiger partial charge in [-0.05, 0) is 38.0 Å². The molecule has 0 aromatic heterocycles. The summed E-state index contributed by atoms with van der Waals surface area (Å²) in [5.74, 6) is 0.958. The molecule has 1 aliphatic rings. The molecule has 0 bridgehead atoms. The van der Waals surface area contributed by atoms with Crippen molar-refractivity contribution in [2.45, 2.75) is 58.0 Å². The summed E-state index contributed by atoms with van der Waals surface area (Å²) in [5.41, 5.74) is 0.505. The van der Waals surface area contributed by atoms with Gasteiger partial charge in [-0.1, -0.05) is 26.0 Å². The van der Waals surface area contributed by atoms with Crippen molar-refractivity contribution < 1.29 is 9.53 Å². The van der Waals surface area contributed by atoms with E-state index < -0.39 is 5.60 Å². The number of carbonyl (C=O) groups is 1. The SMILES string of the molecule is C=C(CC)CC(=O)C1(OC)CCC(C)CC1. The smallest absolute Gasteiger partial charge is 0.168 e. The summed E-state index contributed by atoms with van der Waals surface area (Å²) in [7, 11) is 1.67. The van der Waals surface area contributed by atoms with Gasteiger partial charge in [0.05, 0.1) is 0 Å². The molecule has 1 rings (SSSR count). The summed E-state index contributed by atoms with van der Waals surface area (Å²) in [6.07, 6.45) is 5.30. The molecule has 1 fully saturated rings. The van der Waals surface area contributed by atoms with E-state index in [1.54, 1.807) is 7.11 Å². The maximum atomic E-state index is 12.2. The zero-order valence-corrected chi connectivity index (χ0v) is 10.8. The molecule has 16 heavy (non-hydrogen) atoms. The maximum Gasteiger partial charge on any atom is 0.168 e. The van der Waals surface area contributed by atoms with Gasteiger partial charge in [0.25, 0.3) is 0 Å². The quantitative estimate of drug-likeness (QED) is 0.668. The topological polar surface area (TPSA) is 26.3 Å². The van der Waals surface area contributed by atoms with Crippen LogP contribution in [0.15, 0.2) is 12.2 Å². The van der Waals surface area contributed by atoms with E-state index in [0.29, 0.717) is 6.42 Å². The van der Waals surface area contributed by atoms with Crippen LogP contribution >= 0.6 is 0 Å². The van der Waals surface area contributed by atoms with E-state index in [0.717, 1.165) is 43.6 Å². The van der Waals surface area contributed by atoms with Crippen molar-refractivity contribution in [2.24, 2.45) is 5.92 Å². The van der Waals surface area contributed by atoms with Crippen LogP contribution in [0.4, 0.5) is 0 Å². The van der Waals surface area contributed by atoms with Crippen LogP contribution in [0.2, 0.25) is 0 Å². The Morgan fingerprint density at radius 3 is 2.44 bits per heavy atom. The molecular weight excluding hydrogens is 200 g/mol. The van der Waals surface area contributed by atoms with Crippen LogP contribution in [0.3, 0.4) is 0 Å². The van der Waals surface area contributed by atoms with Crippen molar-refractivity contribution in [2.75, 3.05) is 7.11 Å². The third-order valence-corrected chi connectivity index (χ3v) is 3.89. The lowest BCUT2D eigenvalue weighted by Crippen LogP contribution is -2.43.